The van der Waals surface area contributed by atoms with E-state index in [0.717, 1.165) is 12.8 Å². The Bertz CT molecular complexity index is 1330. The summed E-state index contributed by atoms with van der Waals surface area (Å²) in [7, 11) is 0. The second-order valence-electron chi connectivity index (χ2n) is 9.63. The highest BCUT2D eigenvalue weighted by molar-refractivity contribution is 5.96. The van der Waals surface area contributed by atoms with E-state index in [-0.39, 0.29) is 24.8 Å². The standard InChI is InChI=1S/C27H27F4N5O3/c28-20-6-2-1-5-19(20)16-23(38)35-13-11-34(12-14-35)22-8-7-18(17-32-22)15-21(37)24-25(27(29,30)31)33-26(39-24)36-9-3-4-10-36/h1-2,5-8,17H,3-4,9-16H2. The van der Waals surface area contributed by atoms with Crippen molar-refractivity contribution < 1.29 is 31.6 Å². The average Bonchev–Trinajstić information content (AvgIpc) is 3.61. The minimum absolute atomic E-state index is 0.00554. The maximum atomic E-state index is 13.9. The number of piperazine rings is 1. The number of oxazole rings is 1. The van der Waals surface area contributed by atoms with Crippen LogP contribution in [0.1, 0.15) is 40.2 Å². The van der Waals surface area contributed by atoms with Crippen molar-refractivity contribution in [1.82, 2.24) is 14.9 Å². The molecule has 2 fully saturated rings. The molecule has 0 saturated carbocycles. The Balaban J connectivity index is 1.19. The van der Waals surface area contributed by atoms with Crippen LogP contribution in [0, 0.1) is 5.82 Å². The second-order valence-corrected chi connectivity index (χ2v) is 9.63. The normalized spacial score (nSPS) is 16.2. The van der Waals surface area contributed by atoms with Crippen molar-refractivity contribution in [2.24, 2.45) is 0 Å². The van der Waals surface area contributed by atoms with Crippen LogP contribution in [-0.2, 0) is 23.8 Å². The minimum atomic E-state index is -4.81. The number of halogens is 4. The van der Waals surface area contributed by atoms with Crippen molar-refractivity contribution in [3.05, 3.63) is 71.0 Å². The van der Waals surface area contributed by atoms with E-state index in [2.05, 4.69) is 9.97 Å². The van der Waals surface area contributed by atoms with Gasteiger partial charge in [-0.2, -0.15) is 18.2 Å². The summed E-state index contributed by atoms with van der Waals surface area (Å²) < 4.78 is 59.9. The SMILES string of the molecule is O=C(Cc1ccc(N2CCN(C(=O)Cc3ccccc3F)CC2)nc1)c1oc(N2CCCC2)nc1C(F)(F)F. The van der Waals surface area contributed by atoms with Crippen LogP contribution in [-0.4, -0.2) is 65.8 Å². The minimum Gasteiger partial charge on any atom is -0.420 e. The summed E-state index contributed by atoms with van der Waals surface area (Å²) in [6, 6.07) is 9.35. The maximum Gasteiger partial charge on any atom is 0.437 e. The number of ketones is 1. The number of aromatic nitrogens is 2. The molecule has 2 aliphatic heterocycles. The van der Waals surface area contributed by atoms with Gasteiger partial charge in [0, 0.05) is 51.9 Å². The summed E-state index contributed by atoms with van der Waals surface area (Å²) in [5.74, 6) is -1.54. The highest BCUT2D eigenvalue weighted by atomic mass is 19.4. The van der Waals surface area contributed by atoms with E-state index in [0.29, 0.717) is 56.2 Å². The third-order valence-electron chi connectivity index (χ3n) is 6.94. The number of nitrogens with zero attached hydrogens (tertiary/aromatic N) is 5. The van der Waals surface area contributed by atoms with Gasteiger partial charge in [0.15, 0.2) is 5.69 Å². The fourth-order valence-electron chi connectivity index (χ4n) is 4.81. The number of rotatable bonds is 7. The number of Topliss-reactive ketones (excluding diaryl/α,β-unsaturated/α-hetero) is 1. The molecule has 206 valence electrons. The molecule has 8 nitrogen and oxygen atoms in total. The van der Waals surface area contributed by atoms with Crippen LogP contribution >= 0.6 is 0 Å². The quantitative estimate of drug-likeness (QED) is 0.326. The fraction of sp³-hybridized carbons (Fsp3) is 0.407. The van der Waals surface area contributed by atoms with Gasteiger partial charge in [0.05, 0.1) is 6.42 Å². The average molecular weight is 546 g/mol. The van der Waals surface area contributed by atoms with Crippen LogP contribution in [0.3, 0.4) is 0 Å². The largest absolute Gasteiger partial charge is 0.437 e. The van der Waals surface area contributed by atoms with Gasteiger partial charge in [-0.15, -0.1) is 0 Å². The number of amides is 1. The number of pyridine rings is 1. The summed E-state index contributed by atoms with van der Waals surface area (Å²) in [6.45, 7) is 2.98. The first kappa shape index (κ1) is 26.6. The molecule has 0 spiro atoms. The van der Waals surface area contributed by atoms with E-state index in [1.807, 2.05) is 4.90 Å². The van der Waals surface area contributed by atoms with E-state index < -0.39 is 29.2 Å². The molecular formula is C27H27F4N5O3. The van der Waals surface area contributed by atoms with Gasteiger partial charge in [-0.25, -0.2) is 9.37 Å². The summed E-state index contributed by atoms with van der Waals surface area (Å²) in [5.41, 5.74) is -0.507. The van der Waals surface area contributed by atoms with Crippen molar-refractivity contribution in [3.8, 4) is 0 Å². The molecule has 0 atom stereocenters. The molecular weight excluding hydrogens is 518 g/mol. The zero-order valence-corrected chi connectivity index (χ0v) is 21.1. The van der Waals surface area contributed by atoms with Crippen molar-refractivity contribution in [1.29, 1.82) is 0 Å². The molecule has 4 heterocycles. The lowest BCUT2D eigenvalue weighted by Crippen LogP contribution is -2.49. The zero-order valence-electron chi connectivity index (χ0n) is 21.1. The lowest BCUT2D eigenvalue weighted by atomic mass is 10.1. The Morgan fingerprint density at radius 2 is 1.62 bits per heavy atom. The van der Waals surface area contributed by atoms with Crippen molar-refractivity contribution in [3.63, 3.8) is 0 Å². The molecule has 2 saturated heterocycles. The second kappa shape index (κ2) is 11.0. The monoisotopic (exact) mass is 545 g/mol. The predicted octanol–water partition coefficient (Wildman–Crippen LogP) is 4.14. The van der Waals surface area contributed by atoms with Gasteiger partial charge in [-0.1, -0.05) is 24.3 Å². The van der Waals surface area contributed by atoms with Gasteiger partial charge in [0.25, 0.3) is 6.01 Å². The number of alkyl halides is 3. The van der Waals surface area contributed by atoms with Gasteiger partial charge < -0.3 is 19.1 Å². The molecule has 1 aromatic carbocycles. The van der Waals surface area contributed by atoms with Crippen molar-refractivity contribution in [2.75, 3.05) is 49.1 Å². The number of hydrogen-bond acceptors (Lipinski definition) is 7. The first-order chi connectivity index (χ1) is 18.7. The van der Waals surface area contributed by atoms with Crippen molar-refractivity contribution >= 4 is 23.5 Å². The summed E-state index contributed by atoms with van der Waals surface area (Å²) in [4.78, 5) is 38.6. The smallest absolute Gasteiger partial charge is 0.420 e. The maximum absolute atomic E-state index is 13.9. The molecule has 0 aliphatic carbocycles. The van der Waals surface area contributed by atoms with Gasteiger partial charge in [0.1, 0.15) is 11.6 Å². The van der Waals surface area contributed by atoms with E-state index in [1.54, 1.807) is 40.1 Å². The Morgan fingerprint density at radius 3 is 2.26 bits per heavy atom. The van der Waals surface area contributed by atoms with Crippen LogP contribution in [0.25, 0.3) is 0 Å². The van der Waals surface area contributed by atoms with E-state index in [9.17, 15) is 27.2 Å². The molecule has 0 radical (unpaired) electrons. The Morgan fingerprint density at radius 1 is 0.897 bits per heavy atom. The first-order valence-corrected chi connectivity index (χ1v) is 12.8. The molecule has 1 amide bonds. The van der Waals surface area contributed by atoms with Gasteiger partial charge >= 0.3 is 6.18 Å². The predicted molar refractivity (Wildman–Crippen MR) is 134 cm³/mol. The number of hydrogen-bond donors (Lipinski definition) is 0. The highest BCUT2D eigenvalue weighted by Gasteiger charge is 2.42. The summed E-state index contributed by atoms with van der Waals surface area (Å²) in [5, 5.41) is 0. The Kier molecular flexibility index (Phi) is 7.53. The van der Waals surface area contributed by atoms with Crippen LogP contribution < -0.4 is 9.80 Å². The number of anilines is 2. The lowest BCUT2D eigenvalue weighted by Gasteiger charge is -2.35. The molecule has 0 unspecified atom stereocenters. The first-order valence-electron chi connectivity index (χ1n) is 12.8. The third-order valence-corrected chi connectivity index (χ3v) is 6.94. The van der Waals surface area contributed by atoms with Crippen LogP contribution in [0.15, 0.2) is 47.0 Å². The topological polar surface area (TPSA) is 82.8 Å². The zero-order chi connectivity index (χ0) is 27.6. The van der Waals surface area contributed by atoms with Crippen molar-refractivity contribution in [2.45, 2.75) is 31.9 Å². The van der Waals surface area contributed by atoms with E-state index in [4.69, 9.17) is 4.42 Å². The van der Waals surface area contributed by atoms with Crippen LogP contribution in [0.5, 0.6) is 0 Å². The lowest BCUT2D eigenvalue weighted by molar-refractivity contribution is -0.141. The fourth-order valence-corrected chi connectivity index (χ4v) is 4.81. The molecule has 0 bridgehead atoms. The highest BCUT2D eigenvalue weighted by Crippen LogP contribution is 2.35. The van der Waals surface area contributed by atoms with Crippen LogP contribution in [0.4, 0.5) is 29.4 Å². The summed E-state index contributed by atoms with van der Waals surface area (Å²) in [6.07, 6.45) is -2.03. The van der Waals surface area contributed by atoms with E-state index in [1.165, 1.54) is 12.3 Å². The molecule has 12 heteroatoms. The van der Waals surface area contributed by atoms with Gasteiger partial charge in [0.2, 0.25) is 17.5 Å². The molecule has 3 aromatic rings. The van der Waals surface area contributed by atoms with Crippen LogP contribution in [0.2, 0.25) is 0 Å². The Hall–Kier alpha value is -3.96. The Labute approximate surface area is 222 Å². The molecule has 2 aliphatic rings. The molecule has 39 heavy (non-hydrogen) atoms. The number of carbonyl (C=O) groups is 2. The van der Waals surface area contributed by atoms with E-state index >= 15 is 0 Å². The number of benzene rings is 1. The van der Waals surface area contributed by atoms with Gasteiger partial charge in [-0.3, -0.25) is 9.59 Å². The molecule has 0 N–H and O–H groups in total. The third kappa shape index (κ3) is 6.04. The van der Waals surface area contributed by atoms with Gasteiger partial charge in [-0.05, 0) is 36.1 Å². The molecule has 2 aromatic heterocycles. The summed E-state index contributed by atoms with van der Waals surface area (Å²) >= 11 is 0. The number of carbonyl (C=O) groups excluding carboxylic acids is 2. The molecule has 5 rings (SSSR count).